The monoisotopic (exact) mass is 442 g/mol. The standard InChI is InChI=1S/C17H20Br2N2O2/c1-2-22-17-14(18)10-13(11-15(17)19)12-20-7-5-9-23-16-6-3-4-8-21-16/h3-4,6,8,10-11,20H,2,5,7,9,12H2,1H3. The van der Waals surface area contributed by atoms with E-state index in [2.05, 4.69) is 54.3 Å². The summed E-state index contributed by atoms with van der Waals surface area (Å²) in [5.41, 5.74) is 1.19. The molecular formula is C17H20Br2N2O2. The number of hydrogen-bond acceptors (Lipinski definition) is 4. The predicted molar refractivity (Wildman–Crippen MR) is 99.1 cm³/mol. The molecule has 0 aliphatic rings. The molecule has 0 saturated heterocycles. The van der Waals surface area contributed by atoms with Crippen molar-refractivity contribution in [2.24, 2.45) is 0 Å². The van der Waals surface area contributed by atoms with Gasteiger partial charge in [-0.1, -0.05) is 6.07 Å². The third-order valence-electron chi connectivity index (χ3n) is 3.06. The van der Waals surface area contributed by atoms with Gasteiger partial charge in [-0.2, -0.15) is 0 Å². The molecule has 0 spiro atoms. The van der Waals surface area contributed by atoms with Gasteiger partial charge in [0.25, 0.3) is 0 Å². The van der Waals surface area contributed by atoms with E-state index in [-0.39, 0.29) is 0 Å². The second-order valence-electron chi connectivity index (χ2n) is 4.87. The van der Waals surface area contributed by atoms with Crippen molar-refractivity contribution in [3.8, 4) is 11.6 Å². The fraction of sp³-hybridized carbons (Fsp3) is 0.353. The van der Waals surface area contributed by atoms with Crippen LogP contribution in [0.3, 0.4) is 0 Å². The molecule has 6 heteroatoms. The Morgan fingerprint density at radius 3 is 2.57 bits per heavy atom. The van der Waals surface area contributed by atoms with Crippen LogP contribution in [0, 0.1) is 0 Å². The summed E-state index contributed by atoms with van der Waals surface area (Å²) < 4.78 is 13.1. The lowest BCUT2D eigenvalue weighted by molar-refractivity contribution is 0.296. The molecule has 2 rings (SSSR count). The first kappa shape index (κ1) is 18.2. The molecule has 2 aromatic rings. The maximum atomic E-state index is 5.59. The van der Waals surface area contributed by atoms with Crippen molar-refractivity contribution in [3.05, 3.63) is 51.0 Å². The highest BCUT2D eigenvalue weighted by atomic mass is 79.9. The Kier molecular flexibility index (Phi) is 7.85. The van der Waals surface area contributed by atoms with Gasteiger partial charge < -0.3 is 14.8 Å². The number of aromatic nitrogens is 1. The van der Waals surface area contributed by atoms with Crippen LogP contribution >= 0.6 is 31.9 Å². The second-order valence-corrected chi connectivity index (χ2v) is 6.58. The average Bonchev–Trinajstić information content (AvgIpc) is 2.55. The average molecular weight is 444 g/mol. The van der Waals surface area contributed by atoms with Gasteiger partial charge in [0, 0.05) is 18.8 Å². The first-order valence-electron chi connectivity index (χ1n) is 7.56. The molecule has 0 amide bonds. The highest BCUT2D eigenvalue weighted by molar-refractivity contribution is 9.11. The van der Waals surface area contributed by atoms with E-state index in [4.69, 9.17) is 9.47 Å². The highest BCUT2D eigenvalue weighted by Crippen LogP contribution is 2.34. The van der Waals surface area contributed by atoms with E-state index in [1.807, 2.05) is 25.1 Å². The quantitative estimate of drug-likeness (QED) is 0.576. The van der Waals surface area contributed by atoms with Crippen molar-refractivity contribution in [1.29, 1.82) is 0 Å². The van der Waals surface area contributed by atoms with Crippen LogP contribution in [-0.4, -0.2) is 24.7 Å². The Morgan fingerprint density at radius 2 is 1.91 bits per heavy atom. The summed E-state index contributed by atoms with van der Waals surface area (Å²) in [7, 11) is 0. The largest absolute Gasteiger partial charge is 0.492 e. The van der Waals surface area contributed by atoms with Crippen molar-refractivity contribution in [2.45, 2.75) is 19.9 Å². The Morgan fingerprint density at radius 1 is 1.13 bits per heavy atom. The molecule has 4 nitrogen and oxygen atoms in total. The molecule has 0 radical (unpaired) electrons. The second kappa shape index (κ2) is 9.90. The minimum atomic E-state index is 0.644. The molecule has 1 heterocycles. The fourth-order valence-electron chi connectivity index (χ4n) is 2.04. The van der Waals surface area contributed by atoms with E-state index in [1.165, 1.54) is 5.56 Å². The van der Waals surface area contributed by atoms with E-state index < -0.39 is 0 Å². The summed E-state index contributed by atoms with van der Waals surface area (Å²) >= 11 is 7.10. The fourth-order valence-corrected chi connectivity index (χ4v) is 3.55. The van der Waals surface area contributed by atoms with Crippen LogP contribution in [0.4, 0.5) is 0 Å². The third-order valence-corrected chi connectivity index (χ3v) is 4.24. The molecular weight excluding hydrogens is 424 g/mol. The van der Waals surface area contributed by atoms with Crippen LogP contribution in [0.25, 0.3) is 0 Å². The molecule has 0 saturated carbocycles. The van der Waals surface area contributed by atoms with E-state index in [0.717, 1.165) is 34.2 Å². The summed E-state index contributed by atoms with van der Waals surface area (Å²) in [5.74, 6) is 1.52. The van der Waals surface area contributed by atoms with Gasteiger partial charge in [0.2, 0.25) is 5.88 Å². The zero-order chi connectivity index (χ0) is 16.5. The number of halogens is 2. The topological polar surface area (TPSA) is 43.4 Å². The molecule has 0 atom stereocenters. The number of nitrogens with zero attached hydrogens (tertiary/aromatic N) is 1. The third kappa shape index (κ3) is 6.12. The zero-order valence-corrected chi connectivity index (χ0v) is 16.2. The molecule has 0 aliphatic heterocycles. The number of nitrogens with one attached hydrogen (secondary N) is 1. The lowest BCUT2D eigenvalue weighted by atomic mass is 10.2. The van der Waals surface area contributed by atoms with Crippen molar-refractivity contribution < 1.29 is 9.47 Å². The number of benzene rings is 1. The van der Waals surface area contributed by atoms with Gasteiger partial charge in [-0.15, -0.1) is 0 Å². The predicted octanol–water partition coefficient (Wildman–Crippen LogP) is 4.56. The molecule has 0 fully saturated rings. The minimum absolute atomic E-state index is 0.644. The summed E-state index contributed by atoms with van der Waals surface area (Å²) in [4.78, 5) is 4.12. The molecule has 1 aromatic heterocycles. The normalized spacial score (nSPS) is 10.6. The Balaban J connectivity index is 1.70. The van der Waals surface area contributed by atoms with Gasteiger partial charge in [-0.05, 0) is 75.5 Å². The van der Waals surface area contributed by atoms with Crippen molar-refractivity contribution in [3.63, 3.8) is 0 Å². The Hall–Kier alpha value is -1.11. The van der Waals surface area contributed by atoms with Crippen molar-refractivity contribution in [2.75, 3.05) is 19.8 Å². The van der Waals surface area contributed by atoms with Gasteiger partial charge in [0.05, 0.1) is 22.2 Å². The number of pyridine rings is 1. The van der Waals surface area contributed by atoms with Crippen LogP contribution in [0.5, 0.6) is 11.6 Å². The lowest BCUT2D eigenvalue weighted by Crippen LogP contribution is -2.17. The zero-order valence-electron chi connectivity index (χ0n) is 13.0. The summed E-state index contributed by atoms with van der Waals surface area (Å²) in [6.45, 7) is 4.95. The van der Waals surface area contributed by atoms with E-state index >= 15 is 0 Å². The maximum Gasteiger partial charge on any atom is 0.213 e. The molecule has 0 unspecified atom stereocenters. The molecule has 0 aliphatic carbocycles. The smallest absolute Gasteiger partial charge is 0.213 e. The molecule has 1 N–H and O–H groups in total. The Labute approximate surface area is 153 Å². The van der Waals surface area contributed by atoms with Gasteiger partial charge in [-0.25, -0.2) is 4.98 Å². The summed E-state index contributed by atoms with van der Waals surface area (Å²) in [5, 5.41) is 3.41. The maximum absolute atomic E-state index is 5.59. The van der Waals surface area contributed by atoms with Crippen molar-refractivity contribution >= 4 is 31.9 Å². The van der Waals surface area contributed by atoms with E-state index in [9.17, 15) is 0 Å². The highest BCUT2D eigenvalue weighted by Gasteiger charge is 2.08. The number of ether oxygens (including phenoxy) is 2. The molecule has 124 valence electrons. The Bertz CT molecular complexity index is 586. The van der Waals surface area contributed by atoms with Crippen LogP contribution in [-0.2, 0) is 6.54 Å². The van der Waals surface area contributed by atoms with Crippen molar-refractivity contribution in [1.82, 2.24) is 10.3 Å². The van der Waals surface area contributed by atoms with Gasteiger partial charge >= 0.3 is 0 Å². The minimum Gasteiger partial charge on any atom is -0.492 e. The number of rotatable bonds is 9. The van der Waals surface area contributed by atoms with E-state index in [1.54, 1.807) is 6.20 Å². The molecule has 1 aromatic carbocycles. The van der Waals surface area contributed by atoms with E-state index in [0.29, 0.717) is 19.1 Å². The molecule has 0 bridgehead atoms. The van der Waals surface area contributed by atoms with Crippen LogP contribution in [0.2, 0.25) is 0 Å². The van der Waals surface area contributed by atoms with Crippen LogP contribution in [0.15, 0.2) is 45.5 Å². The van der Waals surface area contributed by atoms with Crippen LogP contribution < -0.4 is 14.8 Å². The van der Waals surface area contributed by atoms with Gasteiger partial charge in [0.1, 0.15) is 5.75 Å². The summed E-state index contributed by atoms with van der Waals surface area (Å²) in [6.07, 6.45) is 2.66. The lowest BCUT2D eigenvalue weighted by Gasteiger charge is -2.11. The molecule has 23 heavy (non-hydrogen) atoms. The van der Waals surface area contributed by atoms with Crippen LogP contribution in [0.1, 0.15) is 18.9 Å². The first-order valence-corrected chi connectivity index (χ1v) is 9.14. The number of hydrogen-bond donors (Lipinski definition) is 1. The van der Waals surface area contributed by atoms with Gasteiger partial charge in [-0.3, -0.25) is 0 Å². The first-order chi connectivity index (χ1) is 11.2. The summed E-state index contributed by atoms with van der Waals surface area (Å²) in [6, 6.07) is 9.81. The SMILES string of the molecule is CCOc1c(Br)cc(CNCCCOc2ccccn2)cc1Br. The van der Waals surface area contributed by atoms with Gasteiger partial charge in [0.15, 0.2) is 0 Å².